The van der Waals surface area contributed by atoms with E-state index in [-0.39, 0.29) is 29.1 Å². The second-order valence-corrected chi connectivity index (χ2v) is 8.13. The molecule has 0 fully saturated rings. The number of benzene rings is 1. The monoisotopic (exact) mass is 471 g/mol. The molecule has 1 heterocycles. The van der Waals surface area contributed by atoms with E-state index in [4.69, 9.17) is 6.42 Å². The van der Waals surface area contributed by atoms with Crippen molar-refractivity contribution in [3.63, 3.8) is 0 Å². The van der Waals surface area contributed by atoms with Crippen LogP contribution in [0.3, 0.4) is 0 Å². The van der Waals surface area contributed by atoms with E-state index in [0.717, 1.165) is 30.7 Å². The van der Waals surface area contributed by atoms with Crippen LogP contribution in [-0.2, 0) is 27.5 Å². The minimum atomic E-state index is -4.70. The van der Waals surface area contributed by atoms with Gasteiger partial charge in [0, 0.05) is 30.4 Å². The molecule has 1 aromatic heterocycles. The number of amides is 1. The summed E-state index contributed by atoms with van der Waals surface area (Å²) in [5.41, 5.74) is -1.68. The van der Waals surface area contributed by atoms with Crippen molar-refractivity contribution in [1.82, 2.24) is 10.3 Å². The van der Waals surface area contributed by atoms with Gasteiger partial charge in [-0.2, -0.15) is 13.2 Å². The zero-order valence-electron chi connectivity index (χ0n) is 16.7. The number of halogens is 4. The van der Waals surface area contributed by atoms with Crippen molar-refractivity contribution >= 4 is 27.7 Å². The van der Waals surface area contributed by atoms with Crippen LogP contribution in [0.5, 0.6) is 5.88 Å². The molecule has 1 amide bonds. The molecule has 1 aromatic carbocycles. The number of carbonyl (C=O) groups excluding carboxylic acids is 1. The molecule has 0 saturated carbocycles. The molecule has 0 spiro atoms. The lowest BCUT2D eigenvalue weighted by molar-refractivity contribution is -0.138. The van der Waals surface area contributed by atoms with Crippen molar-refractivity contribution in [3.8, 4) is 18.2 Å². The third kappa shape index (κ3) is 6.71. The number of aromatic nitrogens is 1. The van der Waals surface area contributed by atoms with Crippen molar-refractivity contribution in [2.75, 3.05) is 18.1 Å². The van der Waals surface area contributed by atoms with E-state index < -0.39 is 39.2 Å². The number of nitrogens with zero attached hydrogens (tertiary/aromatic N) is 1. The lowest BCUT2D eigenvalue weighted by atomic mass is 10.1. The Balaban J connectivity index is 2.17. The molecule has 0 atom stereocenters. The number of sulfonamides is 1. The highest BCUT2D eigenvalue weighted by Gasteiger charge is 2.33. The lowest BCUT2D eigenvalue weighted by Gasteiger charge is -2.12. The van der Waals surface area contributed by atoms with E-state index in [1.807, 2.05) is 4.72 Å². The minimum Gasteiger partial charge on any atom is -0.481 e. The molecule has 2 N–H and O–H groups in total. The number of pyridine rings is 1. The van der Waals surface area contributed by atoms with E-state index in [1.165, 1.54) is 13.2 Å². The van der Waals surface area contributed by atoms with Gasteiger partial charge in [-0.1, -0.05) is 5.92 Å². The van der Waals surface area contributed by atoms with E-state index in [2.05, 4.69) is 21.0 Å². The van der Waals surface area contributed by atoms with E-state index in [9.17, 15) is 30.8 Å². The smallest absolute Gasteiger partial charge is 0.417 e. The molecule has 0 aliphatic rings. The molecule has 2 rings (SSSR count). The summed E-state index contributed by atoms with van der Waals surface area (Å²) >= 11 is 0. The number of ether oxygens (including phenoxy) is 1. The molecule has 7 nitrogen and oxygen atoms in total. The summed E-state index contributed by atoms with van der Waals surface area (Å²) in [5, 5.41) is 2.37. The van der Waals surface area contributed by atoms with Gasteiger partial charge in [0.1, 0.15) is 5.82 Å². The van der Waals surface area contributed by atoms with Crippen molar-refractivity contribution in [2.24, 2.45) is 0 Å². The van der Waals surface area contributed by atoms with E-state index in [0.29, 0.717) is 6.07 Å². The average molecular weight is 471 g/mol. The number of methoxy groups -OCH3 is 1. The molecule has 0 bridgehead atoms. The van der Waals surface area contributed by atoms with Crippen LogP contribution >= 0.6 is 0 Å². The number of nitrogens with one attached hydrogen (secondary N) is 2. The molecule has 0 aliphatic carbocycles. The Morgan fingerprint density at radius 2 is 2.00 bits per heavy atom. The van der Waals surface area contributed by atoms with Gasteiger partial charge in [0.15, 0.2) is 0 Å². The van der Waals surface area contributed by atoms with Gasteiger partial charge in [0.25, 0.3) is 0 Å². The Hall–Kier alpha value is -3.59. The fraction of sp³-hybridized carbons (Fsp3) is 0.200. The van der Waals surface area contributed by atoms with Crippen LogP contribution < -0.4 is 14.8 Å². The van der Waals surface area contributed by atoms with Gasteiger partial charge in [0.2, 0.25) is 21.8 Å². The van der Waals surface area contributed by atoms with Crippen molar-refractivity contribution in [2.45, 2.75) is 12.7 Å². The number of anilines is 1. The molecular weight excluding hydrogens is 454 g/mol. The lowest BCUT2D eigenvalue weighted by Crippen LogP contribution is -2.21. The molecule has 0 aliphatic heterocycles. The zero-order valence-corrected chi connectivity index (χ0v) is 17.6. The Labute approximate surface area is 181 Å². The second-order valence-electron chi connectivity index (χ2n) is 6.38. The van der Waals surface area contributed by atoms with Gasteiger partial charge in [0.05, 0.1) is 30.2 Å². The van der Waals surface area contributed by atoms with E-state index >= 15 is 0 Å². The maximum absolute atomic E-state index is 14.3. The Kier molecular flexibility index (Phi) is 7.48. The second kappa shape index (κ2) is 9.69. The third-order valence-electron chi connectivity index (χ3n) is 3.90. The number of terminal acetylenes is 1. The predicted octanol–water partition coefficient (Wildman–Crippen LogP) is 2.93. The molecule has 170 valence electrons. The fourth-order valence-electron chi connectivity index (χ4n) is 2.52. The molecule has 12 heteroatoms. The van der Waals surface area contributed by atoms with Crippen molar-refractivity contribution in [3.05, 3.63) is 58.5 Å². The van der Waals surface area contributed by atoms with Crippen LogP contribution in [0.1, 0.15) is 22.3 Å². The molecule has 2 aromatic rings. The Morgan fingerprint density at radius 1 is 1.31 bits per heavy atom. The van der Waals surface area contributed by atoms with Gasteiger partial charge in [-0.25, -0.2) is 17.8 Å². The van der Waals surface area contributed by atoms with Gasteiger partial charge < -0.3 is 10.1 Å². The number of hydrogen-bond acceptors (Lipinski definition) is 5. The summed E-state index contributed by atoms with van der Waals surface area (Å²) in [7, 11) is -2.61. The zero-order chi connectivity index (χ0) is 24.1. The maximum atomic E-state index is 14.3. The topological polar surface area (TPSA) is 97.4 Å². The summed E-state index contributed by atoms with van der Waals surface area (Å²) in [6.45, 7) is -0.221. The summed E-state index contributed by atoms with van der Waals surface area (Å²) in [5.74, 6) is 0.187. The van der Waals surface area contributed by atoms with Crippen LogP contribution in [0.25, 0.3) is 6.08 Å². The van der Waals surface area contributed by atoms with Crippen LogP contribution in [0.15, 0.2) is 30.5 Å². The first-order chi connectivity index (χ1) is 14.8. The summed E-state index contributed by atoms with van der Waals surface area (Å²) < 4.78 is 83.2. The fourth-order valence-corrected chi connectivity index (χ4v) is 3.10. The normalized spacial score (nSPS) is 11.8. The molecule has 32 heavy (non-hydrogen) atoms. The van der Waals surface area contributed by atoms with Crippen LogP contribution in [-0.4, -0.2) is 32.7 Å². The highest BCUT2D eigenvalue weighted by Crippen LogP contribution is 2.34. The predicted molar refractivity (Wildman–Crippen MR) is 109 cm³/mol. The number of alkyl halides is 3. The molecule has 0 unspecified atom stereocenters. The van der Waals surface area contributed by atoms with Crippen molar-refractivity contribution < 1.29 is 35.5 Å². The molecule has 0 saturated heterocycles. The van der Waals surface area contributed by atoms with Crippen molar-refractivity contribution in [1.29, 1.82) is 0 Å². The van der Waals surface area contributed by atoms with Crippen LogP contribution in [0.2, 0.25) is 0 Å². The minimum absolute atomic E-state index is 0.0886. The van der Waals surface area contributed by atoms with Gasteiger partial charge >= 0.3 is 6.18 Å². The highest BCUT2D eigenvalue weighted by molar-refractivity contribution is 7.92. The first-order valence-electron chi connectivity index (χ1n) is 8.68. The number of hydrogen-bond donors (Lipinski definition) is 2. The Bertz CT molecular complexity index is 1200. The number of rotatable bonds is 7. The standard InChI is InChI=1S/C20H17F4N3O4S/c1-4-13-7-12(8-16(21)19(13)27-32(3,29)30)10-25-17(28)6-5-14-11-26-18(31-2)9-15(14)20(22,23)24/h1,5-9,11,27H,10H2,2-3H3,(H,25,28)/b6-5-. The average Bonchev–Trinajstić information content (AvgIpc) is 2.70. The van der Waals surface area contributed by atoms with Crippen LogP contribution in [0, 0.1) is 18.2 Å². The highest BCUT2D eigenvalue weighted by atomic mass is 32.2. The number of carbonyl (C=O) groups is 1. The maximum Gasteiger partial charge on any atom is 0.417 e. The van der Waals surface area contributed by atoms with Gasteiger partial charge in [-0.15, -0.1) is 6.42 Å². The SMILES string of the molecule is C#Cc1cc(CNC(=O)/C=C\c2cnc(OC)cc2C(F)(F)F)cc(F)c1NS(C)(=O)=O. The van der Waals surface area contributed by atoms with E-state index in [1.54, 1.807) is 0 Å². The molecule has 0 radical (unpaired) electrons. The van der Waals surface area contributed by atoms with Gasteiger partial charge in [-0.05, 0) is 23.8 Å². The summed E-state index contributed by atoms with van der Waals surface area (Å²) in [6, 6.07) is 2.96. The third-order valence-corrected chi connectivity index (χ3v) is 4.47. The first kappa shape index (κ1) is 24.7. The Morgan fingerprint density at radius 3 is 2.56 bits per heavy atom. The quantitative estimate of drug-likeness (QED) is 0.368. The first-order valence-corrected chi connectivity index (χ1v) is 10.6. The summed E-state index contributed by atoms with van der Waals surface area (Å²) in [6.07, 6.45) is 4.12. The van der Waals surface area contributed by atoms with Crippen LogP contribution in [0.4, 0.5) is 23.2 Å². The van der Waals surface area contributed by atoms with Gasteiger partial charge in [-0.3, -0.25) is 9.52 Å². The molecular formula is C20H17F4N3O4S. The summed E-state index contributed by atoms with van der Waals surface area (Å²) in [4.78, 5) is 15.7. The largest absolute Gasteiger partial charge is 0.481 e.